The average molecular weight is 274 g/mol. The van der Waals surface area contributed by atoms with Crippen molar-refractivity contribution in [2.45, 2.75) is 13.5 Å². The van der Waals surface area contributed by atoms with Crippen LogP contribution in [0.3, 0.4) is 0 Å². The van der Waals surface area contributed by atoms with Gasteiger partial charge in [0.25, 0.3) is 0 Å². The molecular weight excluding hydrogens is 265 g/mol. The van der Waals surface area contributed by atoms with Gasteiger partial charge >= 0.3 is 6.61 Å². The Labute approximate surface area is 107 Å². The van der Waals surface area contributed by atoms with E-state index in [1.54, 1.807) is 0 Å². The Kier molecular flexibility index (Phi) is 5.59. The maximum Gasteiger partial charge on any atom is 0.387 e. The number of hydrogen-bond acceptors (Lipinski definition) is 3. The van der Waals surface area contributed by atoms with Crippen molar-refractivity contribution in [1.82, 2.24) is 0 Å². The molecule has 0 spiro atoms. The SMILES string of the molecule is CC(=O)SCC#Cc1ccc(F)cc1OC(F)F. The van der Waals surface area contributed by atoms with Gasteiger partial charge in [-0.3, -0.25) is 4.79 Å². The van der Waals surface area contributed by atoms with Gasteiger partial charge in [0, 0.05) is 13.0 Å². The van der Waals surface area contributed by atoms with Gasteiger partial charge in [-0.1, -0.05) is 23.6 Å². The minimum Gasteiger partial charge on any atom is -0.433 e. The first kappa shape index (κ1) is 14.5. The molecule has 0 fully saturated rings. The molecule has 0 N–H and O–H groups in total. The van der Waals surface area contributed by atoms with Crippen LogP contribution >= 0.6 is 11.8 Å². The molecule has 1 aromatic carbocycles. The van der Waals surface area contributed by atoms with Crippen molar-refractivity contribution in [3.05, 3.63) is 29.6 Å². The van der Waals surface area contributed by atoms with E-state index in [1.807, 2.05) is 0 Å². The Morgan fingerprint density at radius 3 is 2.83 bits per heavy atom. The van der Waals surface area contributed by atoms with Gasteiger partial charge in [0.2, 0.25) is 0 Å². The highest BCUT2D eigenvalue weighted by Crippen LogP contribution is 2.21. The van der Waals surface area contributed by atoms with E-state index >= 15 is 0 Å². The van der Waals surface area contributed by atoms with Gasteiger partial charge in [-0.15, -0.1) is 0 Å². The van der Waals surface area contributed by atoms with Crippen molar-refractivity contribution < 1.29 is 22.7 Å². The zero-order valence-corrected chi connectivity index (χ0v) is 10.2. The predicted molar refractivity (Wildman–Crippen MR) is 63.0 cm³/mol. The fourth-order valence-electron chi connectivity index (χ4n) is 1.06. The summed E-state index contributed by atoms with van der Waals surface area (Å²) in [6.45, 7) is -1.64. The maximum absolute atomic E-state index is 12.9. The number of halogens is 3. The molecule has 0 aromatic heterocycles. The largest absolute Gasteiger partial charge is 0.433 e. The van der Waals surface area contributed by atoms with Crippen LogP contribution in [0, 0.1) is 17.7 Å². The number of ether oxygens (including phenoxy) is 1. The molecule has 0 amide bonds. The van der Waals surface area contributed by atoms with Gasteiger partial charge in [-0.05, 0) is 12.1 Å². The molecule has 6 heteroatoms. The summed E-state index contributed by atoms with van der Waals surface area (Å²) < 4.78 is 41.2. The molecule has 0 aliphatic carbocycles. The standard InChI is InChI=1S/C12H9F3O2S/c1-8(16)18-6-2-3-9-4-5-10(13)7-11(9)17-12(14)15/h4-5,7,12H,6H2,1H3. The lowest BCUT2D eigenvalue weighted by Crippen LogP contribution is -2.03. The summed E-state index contributed by atoms with van der Waals surface area (Å²) >= 11 is 0.998. The summed E-state index contributed by atoms with van der Waals surface area (Å²) in [4.78, 5) is 10.6. The van der Waals surface area contributed by atoms with E-state index in [-0.39, 0.29) is 22.2 Å². The van der Waals surface area contributed by atoms with Crippen molar-refractivity contribution in [3.8, 4) is 17.6 Å². The molecule has 0 radical (unpaired) electrons. The predicted octanol–water partition coefficient (Wildman–Crippen LogP) is 3.06. The first-order chi connectivity index (χ1) is 8.49. The van der Waals surface area contributed by atoms with Crippen LogP contribution < -0.4 is 4.74 Å². The van der Waals surface area contributed by atoms with Crippen LogP contribution in [0.2, 0.25) is 0 Å². The fraction of sp³-hybridized carbons (Fsp3) is 0.250. The summed E-state index contributed by atoms with van der Waals surface area (Å²) in [6, 6.07) is 3.19. The second-order valence-electron chi connectivity index (χ2n) is 3.10. The van der Waals surface area contributed by atoms with Gasteiger partial charge in [0.15, 0.2) is 5.12 Å². The van der Waals surface area contributed by atoms with Gasteiger partial charge < -0.3 is 4.74 Å². The topological polar surface area (TPSA) is 26.3 Å². The average Bonchev–Trinajstić information content (AvgIpc) is 2.25. The normalized spacial score (nSPS) is 9.83. The highest BCUT2D eigenvalue weighted by Gasteiger charge is 2.09. The van der Waals surface area contributed by atoms with Gasteiger partial charge in [-0.2, -0.15) is 8.78 Å². The molecule has 0 unspecified atom stereocenters. The van der Waals surface area contributed by atoms with E-state index in [4.69, 9.17) is 0 Å². The first-order valence-electron chi connectivity index (χ1n) is 4.85. The summed E-state index contributed by atoms with van der Waals surface area (Å²) in [5.41, 5.74) is 0.154. The van der Waals surface area contributed by atoms with Gasteiger partial charge in [0.05, 0.1) is 11.3 Å². The van der Waals surface area contributed by atoms with E-state index < -0.39 is 12.4 Å². The lowest BCUT2D eigenvalue weighted by atomic mass is 10.2. The number of carbonyl (C=O) groups excluding carboxylic acids is 1. The molecule has 0 saturated carbocycles. The monoisotopic (exact) mass is 274 g/mol. The Morgan fingerprint density at radius 2 is 2.22 bits per heavy atom. The number of carbonyl (C=O) groups is 1. The molecule has 0 atom stereocenters. The van der Waals surface area contributed by atoms with Crippen LogP contribution in [-0.2, 0) is 4.79 Å². The fourth-order valence-corrected chi connectivity index (χ4v) is 1.41. The molecule has 0 aliphatic rings. The van der Waals surface area contributed by atoms with Crippen molar-refractivity contribution in [2.75, 3.05) is 5.75 Å². The third-order valence-corrected chi connectivity index (χ3v) is 2.43. The smallest absolute Gasteiger partial charge is 0.387 e. The molecule has 2 nitrogen and oxygen atoms in total. The third kappa shape index (κ3) is 5.15. The summed E-state index contributed by atoms with van der Waals surface area (Å²) in [6.07, 6.45) is 0. The quantitative estimate of drug-likeness (QED) is 0.792. The molecule has 1 rings (SSSR count). The second-order valence-corrected chi connectivity index (χ2v) is 4.25. The molecule has 18 heavy (non-hydrogen) atoms. The Morgan fingerprint density at radius 1 is 1.50 bits per heavy atom. The third-order valence-electron chi connectivity index (χ3n) is 1.73. The highest BCUT2D eigenvalue weighted by molar-refractivity contribution is 8.13. The van der Waals surface area contributed by atoms with Crippen LogP contribution in [0.15, 0.2) is 18.2 Å². The van der Waals surface area contributed by atoms with Crippen molar-refractivity contribution in [3.63, 3.8) is 0 Å². The van der Waals surface area contributed by atoms with Crippen molar-refractivity contribution in [2.24, 2.45) is 0 Å². The lowest BCUT2D eigenvalue weighted by Gasteiger charge is -2.06. The minimum atomic E-state index is -3.04. The Balaban J connectivity index is 2.83. The van der Waals surface area contributed by atoms with Crippen molar-refractivity contribution >= 4 is 16.9 Å². The zero-order valence-electron chi connectivity index (χ0n) is 9.38. The highest BCUT2D eigenvalue weighted by atomic mass is 32.2. The molecule has 1 aromatic rings. The van der Waals surface area contributed by atoms with Crippen LogP contribution in [0.25, 0.3) is 0 Å². The van der Waals surface area contributed by atoms with Gasteiger partial charge in [-0.25, -0.2) is 4.39 Å². The van der Waals surface area contributed by atoms with Crippen LogP contribution in [0.5, 0.6) is 5.75 Å². The number of hydrogen-bond donors (Lipinski definition) is 0. The molecule has 96 valence electrons. The maximum atomic E-state index is 12.9. The first-order valence-corrected chi connectivity index (χ1v) is 5.84. The molecule has 0 saturated heterocycles. The van der Waals surface area contributed by atoms with Crippen molar-refractivity contribution in [1.29, 1.82) is 0 Å². The number of alkyl halides is 2. The van der Waals surface area contributed by atoms with Crippen LogP contribution in [0.1, 0.15) is 12.5 Å². The van der Waals surface area contributed by atoms with E-state index in [2.05, 4.69) is 16.6 Å². The van der Waals surface area contributed by atoms with Gasteiger partial charge in [0.1, 0.15) is 11.6 Å². The van der Waals surface area contributed by atoms with Crippen LogP contribution in [-0.4, -0.2) is 17.5 Å². The lowest BCUT2D eigenvalue weighted by molar-refractivity contribution is -0.109. The Bertz CT molecular complexity index is 492. The summed E-state index contributed by atoms with van der Waals surface area (Å²) in [5, 5.41) is -0.0903. The minimum absolute atomic E-state index is 0.0903. The number of thioether (sulfide) groups is 1. The molecule has 0 aliphatic heterocycles. The summed E-state index contributed by atoms with van der Waals surface area (Å²) in [7, 11) is 0. The van der Waals surface area contributed by atoms with E-state index in [9.17, 15) is 18.0 Å². The molecular formula is C12H9F3O2S. The molecule has 0 bridgehead atoms. The number of benzene rings is 1. The summed E-state index contributed by atoms with van der Waals surface area (Å²) in [5.74, 6) is 4.40. The molecule has 0 heterocycles. The second kappa shape index (κ2) is 6.97. The number of rotatable bonds is 3. The zero-order chi connectivity index (χ0) is 13.5. The van der Waals surface area contributed by atoms with E-state index in [1.165, 1.54) is 13.0 Å². The van der Waals surface area contributed by atoms with E-state index in [0.29, 0.717) is 0 Å². The Hall–Kier alpha value is -1.61. The van der Waals surface area contributed by atoms with Crippen LogP contribution in [0.4, 0.5) is 13.2 Å². The van der Waals surface area contributed by atoms with E-state index in [0.717, 1.165) is 23.9 Å².